The van der Waals surface area contributed by atoms with Crippen LogP contribution in [0.5, 0.6) is 5.75 Å². The highest BCUT2D eigenvalue weighted by Crippen LogP contribution is 2.15. The molecule has 0 unspecified atom stereocenters. The first-order chi connectivity index (χ1) is 8.11. The van der Waals surface area contributed by atoms with Crippen molar-refractivity contribution in [2.24, 2.45) is 0 Å². The zero-order chi connectivity index (χ0) is 12.7. The van der Waals surface area contributed by atoms with Gasteiger partial charge in [-0.2, -0.15) is 0 Å². The van der Waals surface area contributed by atoms with Gasteiger partial charge in [-0.05, 0) is 45.0 Å². The van der Waals surface area contributed by atoms with E-state index in [0.29, 0.717) is 0 Å². The molecule has 0 heterocycles. The van der Waals surface area contributed by atoms with Crippen molar-refractivity contribution in [2.75, 3.05) is 13.1 Å². The van der Waals surface area contributed by atoms with Crippen LogP contribution in [0.2, 0.25) is 0 Å². The lowest BCUT2D eigenvalue weighted by atomic mass is 10.1. The van der Waals surface area contributed by atoms with Gasteiger partial charge in [0.15, 0.2) is 0 Å². The van der Waals surface area contributed by atoms with Gasteiger partial charge < -0.3 is 10.1 Å². The molecule has 1 aromatic carbocycles. The highest BCUT2D eigenvalue weighted by atomic mass is 16.5. The maximum Gasteiger partial charge on any atom is 0.119 e. The average Bonchev–Trinajstić information content (AvgIpc) is 2.28. The molecule has 1 aromatic rings. The zero-order valence-electron chi connectivity index (χ0n) is 11.3. The van der Waals surface area contributed by atoms with Gasteiger partial charge in [-0.3, -0.25) is 0 Å². The Morgan fingerprint density at radius 3 is 2.47 bits per heavy atom. The van der Waals surface area contributed by atoms with Crippen molar-refractivity contribution >= 4 is 6.08 Å². The molecule has 0 atom stereocenters. The third-order valence-corrected chi connectivity index (χ3v) is 2.32. The van der Waals surface area contributed by atoms with Crippen molar-refractivity contribution in [3.8, 4) is 5.75 Å². The third kappa shape index (κ3) is 5.55. The second-order valence-corrected chi connectivity index (χ2v) is 4.51. The van der Waals surface area contributed by atoms with Gasteiger partial charge in [0.1, 0.15) is 5.75 Å². The predicted octanol–water partition coefficient (Wildman–Crippen LogP) is 3.49. The largest absolute Gasteiger partial charge is 0.491 e. The Balaban J connectivity index is 2.61. The maximum atomic E-state index is 5.61. The standard InChI is InChI=1S/C15H23NO/c1-5-16-11-13(4)10-14-6-8-15(9-7-14)17-12(2)3/h6-10,12,16H,5,11H2,1-4H3. The molecule has 17 heavy (non-hydrogen) atoms. The van der Waals surface area contributed by atoms with E-state index in [1.54, 1.807) is 0 Å². The minimum absolute atomic E-state index is 0.229. The van der Waals surface area contributed by atoms with Crippen molar-refractivity contribution in [2.45, 2.75) is 33.8 Å². The van der Waals surface area contributed by atoms with Crippen LogP contribution in [-0.2, 0) is 0 Å². The zero-order valence-corrected chi connectivity index (χ0v) is 11.3. The van der Waals surface area contributed by atoms with E-state index < -0.39 is 0 Å². The SMILES string of the molecule is CCNCC(C)=Cc1ccc(OC(C)C)cc1. The summed E-state index contributed by atoms with van der Waals surface area (Å²) in [5, 5.41) is 3.31. The molecular weight excluding hydrogens is 210 g/mol. The van der Waals surface area contributed by atoms with E-state index in [0.717, 1.165) is 18.8 Å². The fourth-order valence-electron chi connectivity index (χ4n) is 1.57. The number of hydrogen-bond acceptors (Lipinski definition) is 2. The first-order valence-electron chi connectivity index (χ1n) is 6.26. The Bertz CT molecular complexity index is 352. The Morgan fingerprint density at radius 2 is 1.94 bits per heavy atom. The highest BCUT2D eigenvalue weighted by molar-refractivity contribution is 5.53. The number of likely N-dealkylation sites (N-methyl/N-ethyl adjacent to an activating group) is 1. The minimum atomic E-state index is 0.229. The molecule has 0 spiro atoms. The molecule has 0 amide bonds. The molecular formula is C15H23NO. The summed E-state index contributed by atoms with van der Waals surface area (Å²) in [6.45, 7) is 10.3. The molecule has 0 bridgehead atoms. The van der Waals surface area contributed by atoms with E-state index in [1.807, 2.05) is 26.0 Å². The quantitative estimate of drug-likeness (QED) is 0.812. The molecule has 1 rings (SSSR count). The normalized spacial score (nSPS) is 11.9. The van der Waals surface area contributed by atoms with E-state index in [2.05, 4.69) is 37.4 Å². The Morgan fingerprint density at radius 1 is 1.29 bits per heavy atom. The van der Waals surface area contributed by atoms with Crippen molar-refractivity contribution in [1.29, 1.82) is 0 Å². The minimum Gasteiger partial charge on any atom is -0.491 e. The smallest absolute Gasteiger partial charge is 0.119 e. The van der Waals surface area contributed by atoms with Gasteiger partial charge in [-0.1, -0.05) is 30.7 Å². The van der Waals surface area contributed by atoms with Crippen LogP contribution in [0, 0.1) is 0 Å². The van der Waals surface area contributed by atoms with E-state index in [9.17, 15) is 0 Å². The lowest BCUT2D eigenvalue weighted by molar-refractivity contribution is 0.242. The van der Waals surface area contributed by atoms with Crippen molar-refractivity contribution < 1.29 is 4.74 Å². The van der Waals surface area contributed by atoms with Crippen LogP contribution in [0.25, 0.3) is 6.08 Å². The molecule has 0 radical (unpaired) electrons. The third-order valence-electron chi connectivity index (χ3n) is 2.32. The monoisotopic (exact) mass is 233 g/mol. The molecule has 0 fully saturated rings. The average molecular weight is 233 g/mol. The van der Waals surface area contributed by atoms with Crippen LogP contribution >= 0.6 is 0 Å². The molecule has 1 N–H and O–H groups in total. The Hall–Kier alpha value is -1.28. The molecule has 94 valence electrons. The van der Waals surface area contributed by atoms with Crippen LogP contribution < -0.4 is 10.1 Å². The summed E-state index contributed by atoms with van der Waals surface area (Å²) in [5.41, 5.74) is 2.56. The molecule has 0 aliphatic carbocycles. The number of benzene rings is 1. The van der Waals surface area contributed by atoms with E-state index >= 15 is 0 Å². The van der Waals surface area contributed by atoms with E-state index in [-0.39, 0.29) is 6.10 Å². The molecule has 0 aliphatic rings. The highest BCUT2D eigenvalue weighted by Gasteiger charge is 1.97. The Kier molecular flexibility index (Phi) is 5.78. The van der Waals surface area contributed by atoms with Crippen molar-refractivity contribution in [3.63, 3.8) is 0 Å². The van der Waals surface area contributed by atoms with Gasteiger partial charge in [0, 0.05) is 6.54 Å². The van der Waals surface area contributed by atoms with Gasteiger partial charge in [0.25, 0.3) is 0 Å². The van der Waals surface area contributed by atoms with Gasteiger partial charge in [0.2, 0.25) is 0 Å². The molecule has 2 nitrogen and oxygen atoms in total. The van der Waals surface area contributed by atoms with E-state index in [1.165, 1.54) is 11.1 Å². The second kappa shape index (κ2) is 7.13. The summed E-state index contributed by atoms with van der Waals surface area (Å²) < 4.78 is 5.61. The summed E-state index contributed by atoms with van der Waals surface area (Å²) >= 11 is 0. The van der Waals surface area contributed by atoms with Gasteiger partial charge in [-0.25, -0.2) is 0 Å². The van der Waals surface area contributed by atoms with Crippen LogP contribution in [0.4, 0.5) is 0 Å². The van der Waals surface area contributed by atoms with Crippen LogP contribution in [-0.4, -0.2) is 19.2 Å². The molecule has 2 heteroatoms. The van der Waals surface area contributed by atoms with Crippen molar-refractivity contribution in [3.05, 3.63) is 35.4 Å². The molecule has 0 saturated carbocycles. The first-order valence-corrected chi connectivity index (χ1v) is 6.26. The lowest BCUT2D eigenvalue weighted by Crippen LogP contribution is -2.14. The Labute approximate surface area is 105 Å². The van der Waals surface area contributed by atoms with Gasteiger partial charge in [0.05, 0.1) is 6.10 Å². The lowest BCUT2D eigenvalue weighted by Gasteiger charge is -2.09. The maximum absolute atomic E-state index is 5.61. The van der Waals surface area contributed by atoms with Crippen molar-refractivity contribution in [1.82, 2.24) is 5.32 Å². The number of hydrogen-bond donors (Lipinski definition) is 1. The van der Waals surface area contributed by atoms with Gasteiger partial charge >= 0.3 is 0 Å². The topological polar surface area (TPSA) is 21.3 Å². The fourth-order valence-corrected chi connectivity index (χ4v) is 1.57. The van der Waals surface area contributed by atoms with Gasteiger partial charge in [-0.15, -0.1) is 0 Å². The van der Waals surface area contributed by atoms with E-state index in [4.69, 9.17) is 4.74 Å². The van der Waals surface area contributed by atoms with Crippen LogP contribution in [0.15, 0.2) is 29.8 Å². The van der Waals surface area contributed by atoms with Crippen LogP contribution in [0.3, 0.4) is 0 Å². The molecule has 0 aromatic heterocycles. The second-order valence-electron chi connectivity index (χ2n) is 4.51. The number of ether oxygens (including phenoxy) is 1. The summed E-state index contributed by atoms with van der Waals surface area (Å²) in [6.07, 6.45) is 2.42. The molecule has 0 aliphatic heterocycles. The summed E-state index contributed by atoms with van der Waals surface area (Å²) in [6, 6.07) is 8.22. The predicted molar refractivity (Wildman–Crippen MR) is 74.4 cm³/mol. The van der Waals surface area contributed by atoms with Crippen LogP contribution in [0.1, 0.15) is 33.3 Å². The molecule has 0 saturated heterocycles. The number of nitrogens with one attached hydrogen (secondary N) is 1. The summed E-state index contributed by atoms with van der Waals surface area (Å²) in [4.78, 5) is 0. The first kappa shape index (κ1) is 13.8. The number of rotatable bonds is 6. The summed E-state index contributed by atoms with van der Waals surface area (Å²) in [7, 11) is 0. The fraction of sp³-hybridized carbons (Fsp3) is 0.467. The summed E-state index contributed by atoms with van der Waals surface area (Å²) in [5.74, 6) is 0.932.